The van der Waals surface area contributed by atoms with E-state index in [-0.39, 0.29) is 19.0 Å². The van der Waals surface area contributed by atoms with Crippen LogP contribution in [-0.2, 0) is 22.5 Å². The molecule has 1 heterocycles. The molecule has 0 radical (unpaired) electrons. The molecule has 0 bridgehead atoms. The molecule has 0 fully saturated rings. The maximum absolute atomic E-state index is 13.4. The maximum atomic E-state index is 13.4. The van der Waals surface area contributed by atoms with Crippen molar-refractivity contribution in [2.45, 2.75) is 26.8 Å². The number of hydrogen-bond donors (Lipinski definition) is 1. The van der Waals surface area contributed by atoms with Crippen molar-refractivity contribution in [2.24, 2.45) is 0 Å². The predicted octanol–water partition coefficient (Wildman–Crippen LogP) is 3.23. The molecule has 2 aromatic rings. The van der Waals surface area contributed by atoms with E-state index in [9.17, 15) is 14.0 Å². The lowest BCUT2D eigenvalue weighted by Gasteiger charge is -2.06. The molecule has 6 heteroatoms. The van der Waals surface area contributed by atoms with E-state index in [1.807, 2.05) is 13.8 Å². The predicted molar refractivity (Wildman–Crippen MR) is 87.0 cm³/mol. The summed E-state index contributed by atoms with van der Waals surface area (Å²) in [5.41, 5.74) is 1.49. The average molecular weight is 335 g/mol. The molecule has 122 valence electrons. The van der Waals surface area contributed by atoms with E-state index in [0.29, 0.717) is 10.4 Å². The third-order valence-corrected chi connectivity index (χ3v) is 4.44. The highest BCUT2D eigenvalue weighted by atomic mass is 32.1. The zero-order valence-electron chi connectivity index (χ0n) is 13.0. The third-order valence-electron chi connectivity index (χ3n) is 3.37. The van der Waals surface area contributed by atoms with Gasteiger partial charge >= 0.3 is 5.97 Å². The van der Waals surface area contributed by atoms with Crippen LogP contribution in [0.5, 0.6) is 0 Å². The van der Waals surface area contributed by atoms with Gasteiger partial charge in [0.25, 0.3) is 5.91 Å². The second-order valence-corrected chi connectivity index (χ2v) is 6.25. The highest BCUT2D eigenvalue weighted by Crippen LogP contribution is 2.22. The molecular weight excluding hydrogens is 317 g/mol. The Morgan fingerprint density at radius 2 is 2.00 bits per heavy atom. The zero-order valence-corrected chi connectivity index (χ0v) is 13.8. The first-order valence-corrected chi connectivity index (χ1v) is 8.09. The molecule has 2 rings (SSSR count). The summed E-state index contributed by atoms with van der Waals surface area (Å²) in [6, 6.07) is 7.97. The van der Waals surface area contributed by atoms with Crippen LogP contribution in [0.2, 0.25) is 0 Å². The second kappa shape index (κ2) is 7.87. The van der Waals surface area contributed by atoms with Crippen LogP contribution < -0.4 is 5.32 Å². The molecule has 1 N–H and O–H groups in total. The molecule has 0 aliphatic rings. The van der Waals surface area contributed by atoms with Gasteiger partial charge in [-0.2, -0.15) is 0 Å². The lowest BCUT2D eigenvalue weighted by atomic mass is 10.2. The van der Waals surface area contributed by atoms with Gasteiger partial charge in [0, 0.05) is 17.0 Å². The molecule has 0 saturated heterocycles. The molecule has 0 atom stereocenters. The largest absolute Gasteiger partial charge is 0.451 e. The van der Waals surface area contributed by atoms with Gasteiger partial charge in [0.2, 0.25) is 0 Å². The number of carbonyl (C=O) groups is 2. The number of halogens is 1. The monoisotopic (exact) mass is 335 g/mol. The Morgan fingerprint density at radius 3 is 2.65 bits per heavy atom. The van der Waals surface area contributed by atoms with Gasteiger partial charge in [0.15, 0.2) is 6.61 Å². The SMILES string of the molecule is CCc1cc(C(=O)OCC(=O)NCc2ccccc2F)sc1C. The number of amides is 1. The van der Waals surface area contributed by atoms with Gasteiger partial charge in [-0.1, -0.05) is 25.1 Å². The number of nitrogens with one attached hydrogen (secondary N) is 1. The van der Waals surface area contributed by atoms with E-state index >= 15 is 0 Å². The van der Waals surface area contributed by atoms with Crippen LogP contribution in [0.3, 0.4) is 0 Å². The number of benzene rings is 1. The molecule has 0 aliphatic carbocycles. The number of aryl methyl sites for hydroxylation is 2. The van der Waals surface area contributed by atoms with Gasteiger partial charge in [0.05, 0.1) is 0 Å². The Balaban J connectivity index is 1.82. The minimum absolute atomic E-state index is 0.0567. The summed E-state index contributed by atoms with van der Waals surface area (Å²) >= 11 is 1.36. The first-order chi connectivity index (χ1) is 11.0. The molecule has 1 aromatic carbocycles. The Bertz CT molecular complexity index is 712. The van der Waals surface area contributed by atoms with E-state index in [2.05, 4.69) is 5.32 Å². The van der Waals surface area contributed by atoms with Gasteiger partial charge in [0.1, 0.15) is 10.7 Å². The Labute approximate surface area is 138 Å². The summed E-state index contributed by atoms with van der Waals surface area (Å²) in [6.45, 7) is 3.63. The fourth-order valence-electron chi connectivity index (χ4n) is 2.06. The standard InChI is InChI=1S/C17H18FNO3S/c1-3-12-8-15(23-11(12)2)17(21)22-10-16(20)19-9-13-6-4-5-7-14(13)18/h4-8H,3,9-10H2,1-2H3,(H,19,20). The summed E-state index contributed by atoms with van der Waals surface area (Å²) in [4.78, 5) is 25.2. The minimum atomic E-state index is -0.515. The molecule has 0 aliphatic heterocycles. The van der Waals surface area contributed by atoms with Crippen LogP contribution in [0.1, 0.15) is 32.6 Å². The fourth-order valence-corrected chi connectivity index (χ4v) is 3.07. The molecule has 4 nitrogen and oxygen atoms in total. The third kappa shape index (κ3) is 4.63. The molecule has 1 aromatic heterocycles. The number of ether oxygens (including phenoxy) is 1. The molecular formula is C17H18FNO3S. The molecule has 0 saturated carbocycles. The van der Waals surface area contributed by atoms with Gasteiger partial charge < -0.3 is 10.1 Å². The van der Waals surface area contributed by atoms with Crippen LogP contribution >= 0.6 is 11.3 Å². The first-order valence-electron chi connectivity index (χ1n) is 7.27. The van der Waals surface area contributed by atoms with Crippen molar-refractivity contribution >= 4 is 23.2 Å². The average Bonchev–Trinajstić information content (AvgIpc) is 2.93. The van der Waals surface area contributed by atoms with Crippen molar-refractivity contribution in [1.29, 1.82) is 0 Å². The maximum Gasteiger partial charge on any atom is 0.348 e. The molecule has 1 amide bonds. The van der Waals surface area contributed by atoms with Crippen LogP contribution in [0.15, 0.2) is 30.3 Å². The lowest BCUT2D eigenvalue weighted by Crippen LogP contribution is -2.28. The van der Waals surface area contributed by atoms with Crippen LogP contribution in [0.4, 0.5) is 4.39 Å². The first kappa shape index (κ1) is 17.1. The van der Waals surface area contributed by atoms with Gasteiger partial charge in [-0.05, 0) is 31.0 Å². The normalized spacial score (nSPS) is 10.4. The smallest absolute Gasteiger partial charge is 0.348 e. The van der Waals surface area contributed by atoms with E-state index in [1.54, 1.807) is 24.3 Å². The summed E-state index contributed by atoms with van der Waals surface area (Å²) < 4.78 is 18.4. The summed E-state index contributed by atoms with van der Waals surface area (Å²) in [7, 11) is 0. The van der Waals surface area contributed by atoms with E-state index < -0.39 is 11.9 Å². The van der Waals surface area contributed by atoms with Gasteiger partial charge in [-0.3, -0.25) is 4.79 Å². The van der Waals surface area contributed by atoms with Crippen molar-refractivity contribution in [1.82, 2.24) is 5.32 Å². The topological polar surface area (TPSA) is 55.4 Å². The molecule has 0 spiro atoms. The fraction of sp³-hybridized carbons (Fsp3) is 0.294. The summed E-state index contributed by atoms with van der Waals surface area (Å²) in [5.74, 6) is -1.37. The Morgan fingerprint density at radius 1 is 1.26 bits per heavy atom. The van der Waals surface area contributed by atoms with Crippen molar-refractivity contribution in [3.05, 3.63) is 57.0 Å². The quantitative estimate of drug-likeness (QED) is 0.825. The number of rotatable bonds is 6. The number of hydrogen-bond acceptors (Lipinski definition) is 4. The molecule has 0 unspecified atom stereocenters. The number of thiophene rings is 1. The zero-order chi connectivity index (χ0) is 16.8. The van der Waals surface area contributed by atoms with E-state index in [1.165, 1.54) is 17.4 Å². The lowest BCUT2D eigenvalue weighted by molar-refractivity contribution is -0.124. The second-order valence-electron chi connectivity index (χ2n) is 4.99. The van der Waals surface area contributed by atoms with Gasteiger partial charge in [-0.25, -0.2) is 9.18 Å². The van der Waals surface area contributed by atoms with Gasteiger partial charge in [-0.15, -0.1) is 11.3 Å². The highest BCUT2D eigenvalue weighted by molar-refractivity contribution is 7.14. The van der Waals surface area contributed by atoms with Crippen molar-refractivity contribution in [3.63, 3.8) is 0 Å². The highest BCUT2D eigenvalue weighted by Gasteiger charge is 2.14. The summed E-state index contributed by atoms with van der Waals surface area (Å²) in [5, 5.41) is 2.52. The number of esters is 1. The minimum Gasteiger partial charge on any atom is -0.451 e. The Hall–Kier alpha value is -2.21. The van der Waals surface area contributed by atoms with Crippen molar-refractivity contribution in [3.8, 4) is 0 Å². The van der Waals surface area contributed by atoms with Crippen LogP contribution in [0, 0.1) is 12.7 Å². The Kier molecular flexibility index (Phi) is 5.87. The van der Waals surface area contributed by atoms with Crippen molar-refractivity contribution in [2.75, 3.05) is 6.61 Å². The van der Waals surface area contributed by atoms with Crippen LogP contribution in [0.25, 0.3) is 0 Å². The van der Waals surface area contributed by atoms with Crippen molar-refractivity contribution < 1.29 is 18.7 Å². The number of carbonyl (C=O) groups excluding carboxylic acids is 2. The van der Waals surface area contributed by atoms with E-state index in [4.69, 9.17) is 4.74 Å². The molecule has 23 heavy (non-hydrogen) atoms. The van der Waals surface area contributed by atoms with E-state index in [0.717, 1.165) is 16.9 Å². The summed E-state index contributed by atoms with van der Waals surface area (Å²) in [6.07, 6.45) is 0.846. The van der Waals surface area contributed by atoms with Crippen LogP contribution in [-0.4, -0.2) is 18.5 Å².